The third kappa shape index (κ3) is 6.36. The molecule has 4 rings (SSSR count). The van der Waals surface area contributed by atoms with Gasteiger partial charge in [0.2, 0.25) is 5.95 Å². The third-order valence-corrected chi connectivity index (χ3v) is 7.22. The molecular weight excluding hydrogens is 482 g/mol. The molecule has 1 aromatic carbocycles. The van der Waals surface area contributed by atoms with Crippen molar-refractivity contribution in [2.24, 2.45) is 5.92 Å². The summed E-state index contributed by atoms with van der Waals surface area (Å²) in [5.41, 5.74) is 1.41. The maximum Gasteiger partial charge on any atom is 0.416 e. The van der Waals surface area contributed by atoms with Gasteiger partial charge in [-0.25, -0.2) is 9.37 Å². The van der Waals surface area contributed by atoms with E-state index in [9.17, 15) is 17.6 Å². The zero-order chi connectivity index (χ0) is 25.2. The minimum atomic E-state index is -4.56. The molecule has 0 bridgehead atoms. The quantitative estimate of drug-likeness (QED) is 0.445. The van der Waals surface area contributed by atoms with Crippen molar-refractivity contribution in [1.82, 2.24) is 15.3 Å². The lowest BCUT2D eigenvalue weighted by Crippen LogP contribution is -2.32. The van der Waals surface area contributed by atoms with Crippen LogP contribution >= 0.6 is 11.6 Å². The van der Waals surface area contributed by atoms with Crippen molar-refractivity contribution >= 4 is 23.4 Å². The average molecular weight is 514 g/mol. The van der Waals surface area contributed by atoms with Crippen LogP contribution in [0.1, 0.15) is 60.9 Å². The zero-order valence-corrected chi connectivity index (χ0v) is 20.9. The lowest BCUT2D eigenvalue weighted by atomic mass is 9.86. The van der Waals surface area contributed by atoms with Crippen LogP contribution in [0, 0.1) is 11.7 Å². The minimum Gasteiger partial charge on any atom is -0.362 e. The lowest BCUT2D eigenvalue weighted by Gasteiger charge is -2.30. The van der Waals surface area contributed by atoms with Gasteiger partial charge >= 0.3 is 6.18 Å². The zero-order valence-electron chi connectivity index (χ0n) is 20.1. The second-order valence-electron chi connectivity index (χ2n) is 9.82. The van der Waals surface area contributed by atoms with Crippen LogP contribution < -0.4 is 15.5 Å². The molecule has 0 amide bonds. The van der Waals surface area contributed by atoms with Crippen molar-refractivity contribution < 1.29 is 17.6 Å². The number of halogens is 5. The van der Waals surface area contributed by atoms with E-state index in [1.807, 2.05) is 14.1 Å². The Morgan fingerprint density at radius 1 is 1.06 bits per heavy atom. The summed E-state index contributed by atoms with van der Waals surface area (Å²) >= 11 is 5.68. The molecule has 0 atom stereocenters. The van der Waals surface area contributed by atoms with Gasteiger partial charge in [0.15, 0.2) is 0 Å². The molecule has 2 N–H and O–H groups in total. The molecule has 2 aliphatic carbocycles. The van der Waals surface area contributed by atoms with Gasteiger partial charge in [0.25, 0.3) is 0 Å². The third-order valence-electron chi connectivity index (χ3n) is 6.94. The molecule has 2 aromatic rings. The Balaban J connectivity index is 1.29. The molecule has 192 valence electrons. The molecule has 1 saturated carbocycles. The smallest absolute Gasteiger partial charge is 0.362 e. The summed E-state index contributed by atoms with van der Waals surface area (Å²) in [6.07, 6.45) is 3.61. The standard InChI is InChI=1S/C25H32ClF4N5/c1-35(2)23-19-5-3-4-6-21(19)33-24(34-23)32-18-9-7-15(8-10-18)13-31-14-16-11-17(25(28,29)30)12-20(26)22(16)27/h11-12,15,18,31H,3-10,13-14H2,1-2H3,(H,32,33,34). The molecule has 0 spiro atoms. The fraction of sp³-hybridized carbons (Fsp3) is 0.600. The molecule has 35 heavy (non-hydrogen) atoms. The van der Waals surface area contributed by atoms with Crippen LogP contribution in [0.2, 0.25) is 5.02 Å². The van der Waals surface area contributed by atoms with Crippen molar-refractivity contribution in [3.8, 4) is 0 Å². The lowest BCUT2D eigenvalue weighted by molar-refractivity contribution is -0.137. The number of fused-ring (bicyclic) bond motifs is 1. The molecule has 10 heteroatoms. The molecule has 5 nitrogen and oxygen atoms in total. The maximum absolute atomic E-state index is 14.2. The van der Waals surface area contributed by atoms with Gasteiger partial charge in [-0.15, -0.1) is 0 Å². The van der Waals surface area contributed by atoms with E-state index in [-0.39, 0.29) is 18.2 Å². The predicted octanol–water partition coefficient (Wildman–Crippen LogP) is 5.99. The van der Waals surface area contributed by atoms with Crippen molar-refractivity contribution in [3.05, 3.63) is 45.4 Å². The molecule has 1 heterocycles. The number of aromatic nitrogens is 2. The van der Waals surface area contributed by atoms with E-state index in [1.54, 1.807) is 0 Å². The highest BCUT2D eigenvalue weighted by atomic mass is 35.5. The van der Waals surface area contributed by atoms with E-state index >= 15 is 0 Å². The van der Waals surface area contributed by atoms with Gasteiger partial charge in [0, 0.05) is 37.8 Å². The van der Waals surface area contributed by atoms with Gasteiger partial charge in [0.05, 0.1) is 16.3 Å². The molecule has 0 radical (unpaired) electrons. The number of rotatable bonds is 7. The van der Waals surface area contributed by atoms with E-state index in [0.717, 1.165) is 62.5 Å². The van der Waals surface area contributed by atoms with Crippen LogP contribution in [0.25, 0.3) is 0 Å². The van der Waals surface area contributed by atoms with E-state index < -0.39 is 22.6 Å². The summed E-state index contributed by atoms with van der Waals surface area (Å²) in [5, 5.41) is 6.13. The number of nitrogens with zero attached hydrogens (tertiary/aromatic N) is 3. The summed E-state index contributed by atoms with van der Waals surface area (Å²) in [6.45, 7) is 0.615. The van der Waals surface area contributed by atoms with Crippen molar-refractivity contribution in [2.45, 2.75) is 70.1 Å². The highest BCUT2D eigenvalue weighted by Crippen LogP contribution is 2.34. The van der Waals surface area contributed by atoms with Crippen LogP contribution in [-0.4, -0.2) is 36.6 Å². The normalized spacial score (nSPS) is 20.4. The first-order valence-corrected chi connectivity index (χ1v) is 12.6. The fourth-order valence-corrected chi connectivity index (χ4v) is 5.29. The minimum absolute atomic E-state index is 0.00390. The van der Waals surface area contributed by atoms with Gasteiger partial charge in [-0.1, -0.05) is 11.6 Å². The Morgan fingerprint density at radius 2 is 1.77 bits per heavy atom. The van der Waals surface area contributed by atoms with Crippen LogP contribution in [0.4, 0.5) is 29.3 Å². The first-order valence-electron chi connectivity index (χ1n) is 12.2. The Kier molecular flexibility index (Phi) is 8.06. The van der Waals surface area contributed by atoms with Gasteiger partial charge in [-0.05, 0) is 76.0 Å². The van der Waals surface area contributed by atoms with Gasteiger partial charge in [0.1, 0.15) is 11.6 Å². The monoisotopic (exact) mass is 513 g/mol. The average Bonchev–Trinajstić information content (AvgIpc) is 2.81. The number of anilines is 2. The van der Waals surface area contributed by atoms with Gasteiger partial charge in [-0.3, -0.25) is 0 Å². The molecule has 1 fully saturated rings. The van der Waals surface area contributed by atoms with Crippen LogP contribution in [0.5, 0.6) is 0 Å². The van der Waals surface area contributed by atoms with E-state index in [0.29, 0.717) is 24.5 Å². The first kappa shape index (κ1) is 25.9. The van der Waals surface area contributed by atoms with E-state index in [1.165, 1.54) is 12.0 Å². The number of benzene rings is 1. The highest BCUT2D eigenvalue weighted by molar-refractivity contribution is 6.30. The van der Waals surface area contributed by atoms with Crippen molar-refractivity contribution in [3.63, 3.8) is 0 Å². The second-order valence-corrected chi connectivity index (χ2v) is 10.2. The van der Waals surface area contributed by atoms with Crippen LogP contribution in [0.3, 0.4) is 0 Å². The molecule has 0 aliphatic heterocycles. The van der Waals surface area contributed by atoms with E-state index in [2.05, 4.69) is 15.5 Å². The highest BCUT2D eigenvalue weighted by Gasteiger charge is 2.32. The fourth-order valence-electron chi connectivity index (χ4n) is 5.05. The maximum atomic E-state index is 14.2. The topological polar surface area (TPSA) is 53.1 Å². The summed E-state index contributed by atoms with van der Waals surface area (Å²) in [5.74, 6) is 1.26. The van der Waals surface area contributed by atoms with Gasteiger partial charge in [-0.2, -0.15) is 18.2 Å². The number of nitrogens with one attached hydrogen (secondary N) is 2. The summed E-state index contributed by atoms with van der Waals surface area (Å²) < 4.78 is 53.2. The summed E-state index contributed by atoms with van der Waals surface area (Å²) in [6, 6.07) is 1.74. The Labute approximate surface area is 208 Å². The molecule has 2 aliphatic rings. The van der Waals surface area contributed by atoms with E-state index in [4.69, 9.17) is 21.6 Å². The van der Waals surface area contributed by atoms with Crippen molar-refractivity contribution in [1.29, 1.82) is 0 Å². The van der Waals surface area contributed by atoms with Gasteiger partial charge < -0.3 is 15.5 Å². The van der Waals surface area contributed by atoms with Crippen LogP contribution in [-0.2, 0) is 25.6 Å². The predicted molar refractivity (Wildman–Crippen MR) is 130 cm³/mol. The Morgan fingerprint density at radius 3 is 2.46 bits per heavy atom. The summed E-state index contributed by atoms with van der Waals surface area (Å²) in [7, 11) is 4.02. The SMILES string of the molecule is CN(C)c1nc(NC2CCC(CNCc3cc(C(F)(F)F)cc(Cl)c3F)CC2)nc2c1CCCC2. The number of hydrogen-bond acceptors (Lipinski definition) is 5. The largest absolute Gasteiger partial charge is 0.416 e. The molecular formula is C25H32ClF4N5. The molecule has 1 aromatic heterocycles. The Bertz CT molecular complexity index is 1040. The number of alkyl halides is 3. The Hall–Kier alpha value is -2.13. The summed E-state index contributed by atoms with van der Waals surface area (Å²) in [4.78, 5) is 11.6. The molecule has 0 saturated heterocycles. The van der Waals surface area contributed by atoms with Crippen LogP contribution in [0.15, 0.2) is 12.1 Å². The number of hydrogen-bond donors (Lipinski definition) is 2. The number of aryl methyl sites for hydroxylation is 1. The second kappa shape index (κ2) is 10.9. The first-order chi connectivity index (χ1) is 16.6. The van der Waals surface area contributed by atoms with Crippen molar-refractivity contribution in [2.75, 3.05) is 30.9 Å². The molecule has 0 unspecified atom stereocenters.